The summed E-state index contributed by atoms with van der Waals surface area (Å²) in [7, 11) is 1.52. The second-order valence-electron chi connectivity index (χ2n) is 6.07. The molecule has 0 saturated carbocycles. The molecule has 2 aromatic heterocycles. The third-order valence-corrected chi connectivity index (χ3v) is 4.36. The van der Waals surface area contributed by atoms with E-state index in [1.807, 2.05) is 12.1 Å². The minimum absolute atomic E-state index is 0.294. The van der Waals surface area contributed by atoms with Gasteiger partial charge in [0.2, 0.25) is 0 Å². The molecule has 2 N–H and O–H groups in total. The first-order valence-corrected chi connectivity index (χ1v) is 8.23. The Bertz CT molecular complexity index is 1180. The minimum atomic E-state index is -0.473. The van der Waals surface area contributed by atoms with Gasteiger partial charge in [0.15, 0.2) is 17.2 Å². The molecular formula is C20H16FN3O3. The average Bonchev–Trinajstić information content (AvgIpc) is 2.98. The molecule has 0 radical (unpaired) electrons. The summed E-state index contributed by atoms with van der Waals surface area (Å²) in [6.07, 6.45) is 1.63. The first-order valence-electron chi connectivity index (χ1n) is 8.23. The number of aromatic nitrogens is 2. The van der Waals surface area contributed by atoms with Crippen molar-refractivity contribution in [3.05, 3.63) is 76.7 Å². The van der Waals surface area contributed by atoms with Gasteiger partial charge >= 0.3 is 5.76 Å². The van der Waals surface area contributed by atoms with Crippen molar-refractivity contribution < 1.29 is 13.5 Å². The molecule has 2 aromatic carbocycles. The first-order chi connectivity index (χ1) is 13.0. The molecule has 136 valence electrons. The third kappa shape index (κ3) is 3.15. The number of nitrogens with zero attached hydrogens (tertiary/aromatic N) is 2. The molecule has 0 fully saturated rings. The molecule has 0 atom stereocenters. The van der Waals surface area contributed by atoms with Crippen molar-refractivity contribution in [1.29, 1.82) is 0 Å². The summed E-state index contributed by atoms with van der Waals surface area (Å²) in [5.41, 5.74) is 9.27. The monoisotopic (exact) mass is 365 g/mol. The first kappa shape index (κ1) is 16.8. The van der Waals surface area contributed by atoms with Crippen LogP contribution < -0.4 is 16.2 Å². The smallest absolute Gasteiger partial charge is 0.420 e. The SMILES string of the molecule is COc1cc(-c2ccc3c(c2)oc(=O)n3Cc2ccc(F)cc2)cnc1N. The minimum Gasteiger partial charge on any atom is -0.493 e. The number of nitrogen functional groups attached to an aromatic ring is 1. The van der Waals surface area contributed by atoms with Gasteiger partial charge in [-0.3, -0.25) is 4.57 Å². The quantitative estimate of drug-likeness (QED) is 0.599. The highest BCUT2D eigenvalue weighted by Gasteiger charge is 2.12. The Kier molecular flexibility index (Phi) is 4.12. The van der Waals surface area contributed by atoms with Crippen LogP contribution in [0.5, 0.6) is 5.75 Å². The number of nitrogens with two attached hydrogens (primary N) is 1. The standard InChI is InChI=1S/C20H16FN3O3/c1-26-18-9-14(10-23-19(18)22)13-4-7-16-17(8-13)27-20(25)24(16)11-12-2-5-15(21)6-3-12/h2-10H,11H2,1H3,(H2,22,23). The molecule has 0 amide bonds. The topological polar surface area (TPSA) is 83.3 Å². The fourth-order valence-electron chi connectivity index (χ4n) is 2.94. The normalized spacial score (nSPS) is 11.0. The van der Waals surface area contributed by atoms with Crippen molar-refractivity contribution >= 4 is 16.9 Å². The molecule has 4 rings (SSSR count). The fraction of sp³-hybridized carbons (Fsp3) is 0.100. The van der Waals surface area contributed by atoms with E-state index in [0.717, 1.165) is 16.7 Å². The van der Waals surface area contributed by atoms with E-state index in [0.29, 0.717) is 29.2 Å². The maximum absolute atomic E-state index is 13.1. The van der Waals surface area contributed by atoms with Gasteiger partial charge in [-0.2, -0.15) is 0 Å². The van der Waals surface area contributed by atoms with E-state index in [-0.39, 0.29) is 5.82 Å². The maximum atomic E-state index is 13.1. The Morgan fingerprint density at radius 3 is 2.67 bits per heavy atom. The van der Waals surface area contributed by atoms with Gasteiger partial charge in [0.1, 0.15) is 5.82 Å². The number of ether oxygens (including phenoxy) is 1. The molecule has 0 aliphatic heterocycles. The lowest BCUT2D eigenvalue weighted by atomic mass is 10.1. The van der Waals surface area contributed by atoms with Crippen molar-refractivity contribution in [1.82, 2.24) is 9.55 Å². The predicted molar refractivity (Wildman–Crippen MR) is 100 cm³/mol. The van der Waals surface area contributed by atoms with Gasteiger partial charge in [0, 0.05) is 11.8 Å². The van der Waals surface area contributed by atoms with E-state index in [1.165, 1.54) is 23.8 Å². The largest absolute Gasteiger partial charge is 0.493 e. The number of hydrogen-bond acceptors (Lipinski definition) is 5. The number of methoxy groups -OCH3 is 1. The molecule has 0 unspecified atom stereocenters. The molecule has 0 bridgehead atoms. The van der Waals surface area contributed by atoms with E-state index < -0.39 is 5.76 Å². The summed E-state index contributed by atoms with van der Waals surface area (Å²) >= 11 is 0. The number of anilines is 1. The zero-order chi connectivity index (χ0) is 19.0. The molecule has 7 heteroatoms. The third-order valence-electron chi connectivity index (χ3n) is 4.36. The van der Waals surface area contributed by atoms with Gasteiger partial charge < -0.3 is 14.9 Å². The molecule has 0 aliphatic carbocycles. The number of pyridine rings is 1. The summed E-state index contributed by atoms with van der Waals surface area (Å²) in [4.78, 5) is 16.4. The number of benzene rings is 2. The predicted octanol–water partition coefficient (Wildman–Crippen LogP) is 3.43. The van der Waals surface area contributed by atoms with Gasteiger partial charge in [-0.15, -0.1) is 0 Å². The molecule has 2 heterocycles. The van der Waals surface area contributed by atoms with Crippen LogP contribution in [0.1, 0.15) is 5.56 Å². The van der Waals surface area contributed by atoms with Crippen LogP contribution in [0.2, 0.25) is 0 Å². The van der Waals surface area contributed by atoms with Crippen molar-refractivity contribution in [2.45, 2.75) is 6.54 Å². The molecule has 0 aliphatic rings. The van der Waals surface area contributed by atoms with Crippen LogP contribution in [0.4, 0.5) is 10.2 Å². The highest BCUT2D eigenvalue weighted by atomic mass is 19.1. The maximum Gasteiger partial charge on any atom is 0.420 e. The Labute approximate surface area is 153 Å². The summed E-state index contributed by atoms with van der Waals surface area (Å²) in [6, 6.07) is 13.2. The van der Waals surface area contributed by atoms with Crippen LogP contribution in [0.15, 0.2) is 63.9 Å². The Morgan fingerprint density at radius 2 is 1.93 bits per heavy atom. The van der Waals surface area contributed by atoms with E-state index in [9.17, 15) is 9.18 Å². The van der Waals surface area contributed by atoms with Gasteiger partial charge in [-0.05, 0) is 41.5 Å². The molecule has 4 aromatic rings. The number of halogens is 1. The number of fused-ring (bicyclic) bond motifs is 1. The summed E-state index contributed by atoms with van der Waals surface area (Å²) in [6.45, 7) is 0.294. The summed E-state index contributed by atoms with van der Waals surface area (Å²) in [5.74, 6) is -0.0120. The van der Waals surface area contributed by atoms with Crippen LogP contribution >= 0.6 is 0 Å². The van der Waals surface area contributed by atoms with Crippen LogP contribution in [-0.2, 0) is 6.54 Å². The molecule has 0 spiro atoms. The Hall–Kier alpha value is -3.61. The Morgan fingerprint density at radius 1 is 1.15 bits per heavy atom. The molecule has 0 saturated heterocycles. The average molecular weight is 365 g/mol. The van der Waals surface area contributed by atoms with E-state index in [1.54, 1.807) is 30.5 Å². The van der Waals surface area contributed by atoms with Crippen molar-refractivity contribution in [3.63, 3.8) is 0 Å². The number of hydrogen-bond donors (Lipinski definition) is 1. The lowest BCUT2D eigenvalue weighted by Gasteiger charge is -2.07. The van der Waals surface area contributed by atoms with E-state index in [4.69, 9.17) is 14.9 Å². The van der Waals surface area contributed by atoms with Crippen molar-refractivity contribution in [3.8, 4) is 16.9 Å². The van der Waals surface area contributed by atoms with E-state index >= 15 is 0 Å². The van der Waals surface area contributed by atoms with E-state index in [2.05, 4.69) is 4.98 Å². The van der Waals surface area contributed by atoms with Gasteiger partial charge in [0.05, 0.1) is 19.2 Å². The fourth-order valence-corrected chi connectivity index (χ4v) is 2.94. The van der Waals surface area contributed by atoms with Gasteiger partial charge in [-0.1, -0.05) is 18.2 Å². The number of oxazole rings is 1. The van der Waals surface area contributed by atoms with Crippen LogP contribution in [0.3, 0.4) is 0 Å². The van der Waals surface area contributed by atoms with Crippen LogP contribution in [-0.4, -0.2) is 16.7 Å². The summed E-state index contributed by atoms with van der Waals surface area (Å²) < 4.78 is 25.2. The lowest BCUT2D eigenvalue weighted by molar-refractivity contribution is 0.415. The lowest BCUT2D eigenvalue weighted by Crippen LogP contribution is -2.14. The second kappa shape index (κ2) is 6.60. The van der Waals surface area contributed by atoms with Crippen LogP contribution in [0.25, 0.3) is 22.2 Å². The Balaban J connectivity index is 1.74. The summed E-state index contributed by atoms with van der Waals surface area (Å²) in [5, 5.41) is 0. The highest BCUT2D eigenvalue weighted by molar-refractivity contribution is 5.81. The second-order valence-corrected chi connectivity index (χ2v) is 6.07. The van der Waals surface area contributed by atoms with Crippen molar-refractivity contribution in [2.24, 2.45) is 0 Å². The zero-order valence-corrected chi connectivity index (χ0v) is 14.5. The van der Waals surface area contributed by atoms with Gasteiger partial charge in [-0.25, -0.2) is 14.2 Å². The number of rotatable bonds is 4. The molecular weight excluding hydrogens is 349 g/mol. The zero-order valence-electron chi connectivity index (χ0n) is 14.5. The van der Waals surface area contributed by atoms with Crippen LogP contribution in [0, 0.1) is 5.82 Å². The van der Waals surface area contributed by atoms with Crippen molar-refractivity contribution in [2.75, 3.05) is 12.8 Å². The molecule has 6 nitrogen and oxygen atoms in total. The highest BCUT2D eigenvalue weighted by Crippen LogP contribution is 2.29. The molecule has 27 heavy (non-hydrogen) atoms. The van der Waals surface area contributed by atoms with Gasteiger partial charge in [0.25, 0.3) is 0 Å².